The number of hydrazone groups is 1. The number of phenols is 1. The lowest BCUT2D eigenvalue weighted by Gasteiger charge is -2.11. The number of esters is 1. The number of aromatic hydroxyl groups is 1. The number of aryl methyl sites for hydroxylation is 1. The maximum atomic E-state index is 12.1. The van der Waals surface area contributed by atoms with E-state index in [9.17, 15) is 14.7 Å². The summed E-state index contributed by atoms with van der Waals surface area (Å²) in [6, 6.07) is 15.2. The Morgan fingerprint density at radius 3 is 2.57 bits per heavy atom. The zero-order valence-electron chi connectivity index (χ0n) is 17.0. The molecule has 1 heterocycles. The van der Waals surface area contributed by atoms with Crippen molar-refractivity contribution in [2.45, 2.75) is 20.8 Å². The predicted octanol–water partition coefficient (Wildman–Crippen LogP) is 3.74. The number of rotatable bonds is 6. The first-order valence-corrected chi connectivity index (χ1v) is 9.49. The SMILES string of the molecule is CCOC(=O)c1cccc(-n2c(C)cc(/C=N/NC(=O)c3cccc(O)c3)c2C)c1. The molecule has 3 rings (SSSR count). The first kappa shape index (κ1) is 20.9. The zero-order chi connectivity index (χ0) is 21.7. The highest BCUT2D eigenvalue weighted by atomic mass is 16.5. The van der Waals surface area contributed by atoms with Crippen LogP contribution in [-0.4, -0.2) is 34.4 Å². The summed E-state index contributed by atoms with van der Waals surface area (Å²) in [5, 5.41) is 13.5. The molecular formula is C23H23N3O4. The molecule has 0 spiro atoms. The van der Waals surface area contributed by atoms with Gasteiger partial charge in [0.25, 0.3) is 5.91 Å². The van der Waals surface area contributed by atoms with Crippen LogP contribution in [0, 0.1) is 13.8 Å². The van der Waals surface area contributed by atoms with Crippen molar-refractivity contribution in [1.29, 1.82) is 0 Å². The molecule has 154 valence electrons. The number of hydrogen-bond acceptors (Lipinski definition) is 5. The van der Waals surface area contributed by atoms with E-state index >= 15 is 0 Å². The van der Waals surface area contributed by atoms with Crippen LogP contribution in [0.2, 0.25) is 0 Å². The number of carbonyl (C=O) groups is 2. The molecule has 30 heavy (non-hydrogen) atoms. The van der Waals surface area contributed by atoms with E-state index in [2.05, 4.69) is 10.5 Å². The van der Waals surface area contributed by atoms with Gasteiger partial charge in [0.1, 0.15) is 5.75 Å². The molecule has 0 atom stereocenters. The van der Waals surface area contributed by atoms with Crippen LogP contribution in [0.15, 0.2) is 59.7 Å². The quantitative estimate of drug-likeness (QED) is 0.371. The summed E-state index contributed by atoms with van der Waals surface area (Å²) in [6.45, 7) is 5.97. The topological polar surface area (TPSA) is 92.9 Å². The van der Waals surface area contributed by atoms with Crippen molar-refractivity contribution in [2.75, 3.05) is 6.61 Å². The third-order valence-electron chi connectivity index (χ3n) is 4.56. The van der Waals surface area contributed by atoms with Crippen molar-refractivity contribution in [3.8, 4) is 11.4 Å². The summed E-state index contributed by atoms with van der Waals surface area (Å²) in [6.07, 6.45) is 1.56. The lowest BCUT2D eigenvalue weighted by Crippen LogP contribution is -2.17. The van der Waals surface area contributed by atoms with Crippen LogP contribution in [0.4, 0.5) is 0 Å². The van der Waals surface area contributed by atoms with E-state index in [0.29, 0.717) is 17.7 Å². The van der Waals surface area contributed by atoms with Gasteiger partial charge in [-0.1, -0.05) is 12.1 Å². The Morgan fingerprint density at radius 1 is 1.10 bits per heavy atom. The van der Waals surface area contributed by atoms with E-state index in [4.69, 9.17) is 4.74 Å². The van der Waals surface area contributed by atoms with Gasteiger partial charge in [-0.3, -0.25) is 4.79 Å². The van der Waals surface area contributed by atoms with Crippen LogP contribution < -0.4 is 5.43 Å². The fourth-order valence-corrected chi connectivity index (χ4v) is 3.17. The number of nitrogens with one attached hydrogen (secondary N) is 1. The first-order valence-electron chi connectivity index (χ1n) is 9.49. The van der Waals surface area contributed by atoms with Crippen LogP contribution in [0.1, 0.15) is 44.6 Å². The summed E-state index contributed by atoms with van der Waals surface area (Å²) in [4.78, 5) is 24.2. The average molecular weight is 405 g/mol. The predicted molar refractivity (Wildman–Crippen MR) is 114 cm³/mol. The van der Waals surface area contributed by atoms with Gasteiger partial charge >= 0.3 is 5.97 Å². The largest absolute Gasteiger partial charge is 0.508 e. The van der Waals surface area contributed by atoms with E-state index in [-0.39, 0.29) is 11.7 Å². The number of phenolic OH excluding ortho intramolecular Hbond substituents is 1. The second-order valence-electron chi connectivity index (χ2n) is 6.68. The van der Waals surface area contributed by atoms with Crippen molar-refractivity contribution in [2.24, 2.45) is 5.10 Å². The minimum absolute atomic E-state index is 0.0141. The van der Waals surface area contributed by atoms with Crippen molar-refractivity contribution >= 4 is 18.1 Å². The summed E-state index contributed by atoms with van der Waals surface area (Å²) < 4.78 is 7.08. The van der Waals surface area contributed by atoms with Gasteiger partial charge in [0.15, 0.2) is 0 Å². The van der Waals surface area contributed by atoms with E-state index in [1.54, 1.807) is 37.4 Å². The fraction of sp³-hybridized carbons (Fsp3) is 0.174. The smallest absolute Gasteiger partial charge is 0.338 e. The van der Waals surface area contributed by atoms with Gasteiger partial charge in [-0.05, 0) is 63.2 Å². The Labute approximate surface area is 174 Å². The molecule has 7 nitrogen and oxygen atoms in total. The molecule has 1 aromatic heterocycles. The number of nitrogens with zero attached hydrogens (tertiary/aromatic N) is 2. The number of carbonyl (C=O) groups excluding carboxylic acids is 2. The highest BCUT2D eigenvalue weighted by Crippen LogP contribution is 2.21. The Bertz CT molecular complexity index is 1120. The van der Waals surface area contributed by atoms with Gasteiger partial charge in [0.05, 0.1) is 18.4 Å². The van der Waals surface area contributed by atoms with E-state index in [0.717, 1.165) is 22.6 Å². The second-order valence-corrected chi connectivity index (χ2v) is 6.68. The lowest BCUT2D eigenvalue weighted by atomic mass is 10.2. The van der Waals surface area contributed by atoms with Crippen molar-refractivity contribution < 1.29 is 19.4 Å². The molecule has 0 fully saturated rings. The Kier molecular flexibility index (Phi) is 6.32. The summed E-state index contributed by atoms with van der Waals surface area (Å²) in [7, 11) is 0. The molecule has 2 aromatic carbocycles. The van der Waals surface area contributed by atoms with Gasteiger partial charge in [0, 0.05) is 28.2 Å². The lowest BCUT2D eigenvalue weighted by molar-refractivity contribution is 0.0526. The van der Waals surface area contributed by atoms with Gasteiger partial charge in [-0.25, -0.2) is 10.2 Å². The number of aromatic nitrogens is 1. The minimum atomic E-state index is -0.418. The van der Waals surface area contributed by atoms with Crippen molar-refractivity contribution in [3.05, 3.63) is 82.7 Å². The molecule has 0 unspecified atom stereocenters. The Morgan fingerprint density at radius 2 is 1.83 bits per heavy atom. The third-order valence-corrected chi connectivity index (χ3v) is 4.56. The monoisotopic (exact) mass is 405 g/mol. The third kappa shape index (κ3) is 4.57. The molecule has 0 saturated carbocycles. The number of ether oxygens (including phenoxy) is 1. The highest BCUT2D eigenvalue weighted by molar-refractivity contribution is 5.95. The molecule has 0 aliphatic rings. The van der Waals surface area contributed by atoms with Gasteiger partial charge in [-0.15, -0.1) is 0 Å². The molecule has 3 aromatic rings. The van der Waals surface area contributed by atoms with Crippen LogP contribution in [-0.2, 0) is 4.74 Å². The highest BCUT2D eigenvalue weighted by Gasteiger charge is 2.13. The number of hydrogen-bond donors (Lipinski definition) is 2. The van der Waals surface area contributed by atoms with Crippen LogP contribution >= 0.6 is 0 Å². The van der Waals surface area contributed by atoms with E-state index < -0.39 is 5.91 Å². The fourth-order valence-electron chi connectivity index (χ4n) is 3.17. The minimum Gasteiger partial charge on any atom is -0.508 e. The molecule has 0 aliphatic heterocycles. The van der Waals surface area contributed by atoms with Crippen LogP contribution in [0.25, 0.3) is 5.69 Å². The summed E-state index contributed by atoms with van der Waals surface area (Å²) in [5.41, 5.74) is 6.77. The molecule has 0 radical (unpaired) electrons. The summed E-state index contributed by atoms with van der Waals surface area (Å²) >= 11 is 0. The Hall–Kier alpha value is -3.87. The summed E-state index contributed by atoms with van der Waals surface area (Å²) in [5.74, 6) is -0.767. The zero-order valence-corrected chi connectivity index (χ0v) is 17.0. The molecule has 0 saturated heterocycles. The average Bonchev–Trinajstić information content (AvgIpc) is 3.01. The maximum absolute atomic E-state index is 12.1. The second kappa shape index (κ2) is 9.09. The van der Waals surface area contributed by atoms with Crippen LogP contribution in [0.3, 0.4) is 0 Å². The molecule has 2 N–H and O–H groups in total. The first-order chi connectivity index (χ1) is 14.4. The number of benzene rings is 2. The van der Waals surface area contributed by atoms with Crippen LogP contribution in [0.5, 0.6) is 5.75 Å². The molecule has 7 heteroatoms. The van der Waals surface area contributed by atoms with E-state index in [1.807, 2.05) is 36.6 Å². The van der Waals surface area contributed by atoms with Crippen molar-refractivity contribution in [1.82, 2.24) is 9.99 Å². The number of amides is 1. The molecule has 0 bridgehead atoms. The molecule has 1 amide bonds. The maximum Gasteiger partial charge on any atom is 0.338 e. The molecule has 0 aliphatic carbocycles. The van der Waals surface area contributed by atoms with Gasteiger partial charge < -0.3 is 14.4 Å². The standard InChI is InChI=1S/C23H23N3O4/c1-4-30-23(29)18-8-5-9-20(12-18)26-15(2)11-19(16(26)3)14-24-25-22(28)17-7-6-10-21(27)13-17/h5-14,27H,4H2,1-3H3,(H,25,28)/b24-14+. The van der Waals surface area contributed by atoms with E-state index in [1.165, 1.54) is 12.1 Å². The molecular weight excluding hydrogens is 382 g/mol. The van der Waals surface area contributed by atoms with Crippen molar-refractivity contribution in [3.63, 3.8) is 0 Å². The normalized spacial score (nSPS) is 10.9. The Balaban J connectivity index is 1.81. The van der Waals surface area contributed by atoms with Gasteiger partial charge in [0.2, 0.25) is 0 Å². The van der Waals surface area contributed by atoms with Gasteiger partial charge in [-0.2, -0.15) is 5.10 Å².